The van der Waals surface area contributed by atoms with Gasteiger partial charge < -0.3 is 25.3 Å². The Morgan fingerprint density at radius 2 is 1.55 bits per heavy atom. The second kappa shape index (κ2) is 16.5. The van der Waals surface area contributed by atoms with Gasteiger partial charge in [-0.05, 0) is 38.2 Å². The Hall–Kier alpha value is -4.16. The normalized spacial score (nSPS) is 28.9. The minimum atomic E-state index is -1.86. The highest BCUT2D eigenvalue weighted by Crippen LogP contribution is 2.26. The molecule has 6 N–H and O–H groups in total. The van der Waals surface area contributed by atoms with Gasteiger partial charge in [-0.3, -0.25) is 44.0 Å². The van der Waals surface area contributed by atoms with Crippen LogP contribution in [0.1, 0.15) is 58.9 Å². The van der Waals surface area contributed by atoms with Gasteiger partial charge >= 0.3 is 0 Å². The van der Waals surface area contributed by atoms with Gasteiger partial charge in [0.05, 0.1) is 18.2 Å². The summed E-state index contributed by atoms with van der Waals surface area (Å²) >= 11 is 0. The molecule has 17 nitrogen and oxygen atoms in total. The van der Waals surface area contributed by atoms with Crippen LogP contribution in [0.5, 0.6) is 0 Å². The van der Waals surface area contributed by atoms with Crippen LogP contribution in [0.25, 0.3) is 0 Å². The maximum Gasteiger partial charge on any atom is 0.269 e. The van der Waals surface area contributed by atoms with Crippen LogP contribution >= 0.6 is 0 Å². The Morgan fingerprint density at radius 3 is 2.18 bits per heavy atom. The number of aliphatic hydroxyl groups excluding tert-OH is 1. The van der Waals surface area contributed by atoms with Crippen molar-refractivity contribution in [1.29, 1.82) is 0 Å². The molecule has 17 heteroatoms. The molecule has 51 heavy (non-hydrogen) atoms. The van der Waals surface area contributed by atoms with Crippen LogP contribution in [0.15, 0.2) is 30.3 Å². The number of rotatable bonds is 5. The lowest BCUT2D eigenvalue weighted by molar-refractivity contribution is -0.193. The molecule has 3 aliphatic heterocycles. The van der Waals surface area contributed by atoms with Crippen molar-refractivity contribution < 1.29 is 44.2 Å². The third kappa shape index (κ3) is 8.84. The molecule has 1 aromatic carbocycles. The van der Waals surface area contributed by atoms with Crippen LogP contribution < -0.4 is 16.2 Å². The predicted molar refractivity (Wildman–Crippen MR) is 182 cm³/mol. The molecule has 3 saturated heterocycles. The van der Waals surface area contributed by atoms with Crippen LogP contribution in [-0.2, 0) is 35.2 Å². The molecule has 7 atom stereocenters. The van der Waals surface area contributed by atoms with E-state index in [4.69, 9.17) is 0 Å². The fourth-order valence-corrected chi connectivity index (χ4v) is 6.93. The van der Waals surface area contributed by atoms with Crippen molar-refractivity contribution in [3.63, 3.8) is 0 Å². The number of carbonyl (C=O) groups is 6. The monoisotopic (exact) mass is 716 g/mol. The van der Waals surface area contributed by atoms with Crippen molar-refractivity contribution in [3.05, 3.63) is 35.9 Å². The van der Waals surface area contributed by atoms with Gasteiger partial charge in [0, 0.05) is 40.0 Å². The maximum absolute atomic E-state index is 14.4. The Kier molecular flexibility index (Phi) is 12.8. The van der Waals surface area contributed by atoms with Crippen LogP contribution in [0.3, 0.4) is 0 Å². The fourth-order valence-electron chi connectivity index (χ4n) is 6.93. The van der Waals surface area contributed by atoms with Gasteiger partial charge in [0.1, 0.15) is 30.2 Å². The first-order chi connectivity index (χ1) is 24.0. The number of hydrazine groups is 2. The molecule has 0 radical (unpaired) electrons. The number of benzene rings is 1. The standard InChI is InChI=1S/C34H52N8O9/c1-7-20(2)27-32(48)40-24(14-11-15-35-40)31(47)39(6)28(34(3,4)50)33(49)41-25(17-22(43)18-36-41)30(46)38(5)19-26(44)37-23(29(45)42(27)51)16-21-12-9-8-10-13-21/h8-10,12-13,20,22-25,27-28,35-36,43,50-51H,7,11,14-19H2,1-6H3,(H,37,44)/t20-,22+,23-,24+,25-,27-,28-/m1/s1. The van der Waals surface area contributed by atoms with Crippen LogP contribution in [0.4, 0.5) is 0 Å². The molecule has 0 aliphatic carbocycles. The van der Waals surface area contributed by atoms with E-state index in [1.54, 1.807) is 44.2 Å². The van der Waals surface area contributed by atoms with Crippen molar-refractivity contribution >= 4 is 35.4 Å². The smallest absolute Gasteiger partial charge is 0.269 e. The van der Waals surface area contributed by atoms with Gasteiger partial charge in [-0.15, -0.1) is 0 Å². The third-order valence-electron chi connectivity index (χ3n) is 9.83. The van der Waals surface area contributed by atoms with Crippen LogP contribution in [-0.4, -0.2) is 151 Å². The Bertz CT molecular complexity index is 1460. The van der Waals surface area contributed by atoms with Crippen molar-refractivity contribution in [3.8, 4) is 0 Å². The summed E-state index contributed by atoms with van der Waals surface area (Å²) in [5, 5.41) is 38.3. The Morgan fingerprint density at radius 1 is 0.902 bits per heavy atom. The molecule has 3 fully saturated rings. The largest absolute Gasteiger partial charge is 0.392 e. The minimum absolute atomic E-state index is 0.0607. The highest BCUT2D eigenvalue weighted by Gasteiger charge is 2.50. The number of hydrogen-bond acceptors (Lipinski definition) is 11. The van der Waals surface area contributed by atoms with Gasteiger partial charge in [0.15, 0.2) is 0 Å². The number of hydrogen-bond donors (Lipinski definition) is 6. The van der Waals surface area contributed by atoms with E-state index in [1.165, 1.54) is 27.9 Å². The summed E-state index contributed by atoms with van der Waals surface area (Å²) in [5.41, 5.74) is 4.48. The number of carbonyl (C=O) groups excluding carboxylic acids is 6. The molecule has 0 aromatic heterocycles. The number of fused-ring (bicyclic) bond motifs is 2. The quantitative estimate of drug-likeness (QED) is 0.191. The molecule has 0 saturated carbocycles. The molecule has 0 spiro atoms. The van der Waals surface area contributed by atoms with Crippen molar-refractivity contribution in [1.82, 2.24) is 41.0 Å². The van der Waals surface area contributed by atoms with E-state index in [-0.39, 0.29) is 25.8 Å². The molecule has 4 rings (SSSR count). The van der Waals surface area contributed by atoms with Crippen molar-refractivity contribution in [2.75, 3.05) is 33.7 Å². The SMILES string of the molecule is CC[C@@H](C)[C@@H]1C(=O)N2NCCC[C@H]2C(=O)N(C)[C@@H](C(C)(C)O)C(=O)N2NC[C@@H](O)C[C@@H]2C(=O)N(C)CC(=O)N[C@H](Cc2ccccc2)C(=O)N1O. The number of β-amino-alcohol motifs (C(OH)–C–C–N with tert-alkyl or cyclic N) is 1. The van der Waals surface area contributed by atoms with Gasteiger partial charge in [0.25, 0.3) is 17.7 Å². The summed E-state index contributed by atoms with van der Waals surface area (Å²) in [6, 6.07) is 1.77. The zero-order valence-electron chi connectivity index (χ0n) is 30.1. The number of likely N-dealkylation sites (N-methyl/N-ethyl adjacent to an activating group) is 2. The summed E-state index contributed by atoms with van der Waals surface area (Å²) in [6.45, 7) is 5.73. The fraction of sp³-hybridized carbons (Fsp3) is 0.647. The summed E-state index contributed by atoms with van der Waals surface area (Å²) in [4.78, 5) is 86.6. The lowest BCUT2D eigenvalue weighted by atomic mass is 9.93. The number of amides is 6. The molecule has 3 aliphatic rings. The molecular formula is C34H52N8O9. The zero-order chi connectivity index (χ0) is 37.8. The average Bonchev–Trinajstić information content (AvgIpc) is 3.09. The topological polar surface area (TPSA) is 215 Å². The van der Waals surface area contributed by atoms with Crippen LogP contribution in [0, 0.1) is 5.92 Å². The lowest BCUT2D eigenvalue weighted by Crippen LogP contribution is -2.70. The minimum Gasteiger partial charge on any atom is -0.392 e. The lowest BCUT2D eigenvalue weighted by Gasteiger charge is -2.46. The molecule has 0 unspecified atom stereocenters. The third-order valence-corrected chi connectivity index (χ3v) is 9.83. The first kappa shape index (κ1) is 39.6. The highest BCUT2D eigenvalue weighted by molar-refractivity contribution is 5.97. The molecular weight excluding hydrogens is 664 g/mol. The number of hydroxylamine groups is 2. The van der Waals surface area contributed by atoms with E-state index >= 15 is 0 Å². The zero-order valence-corrected chi connectivity index (χ0v) is 30.1. The van der Waals surface area contributed by atoms with Gasteiger partial charge in [0.2, 0.25) is 17.7 Å². The summed E-state index contributed by atoms with van der Waals surface area (Å²) in [5.74, 6) is -5.42. The Balaban J connectivity index is 1.84. The summed E-state index contributed by atoms with van der Waals surface area (Å²) in [6.07, 6.45) is -0.338. The van der Waals surface area contributed by atoms with E-state index in [1.807, 2.05) is 0 Å². The number of aliphatic hydroxyl groups is 2. The first-order valence-corrected chi connectivity index (χ1v) is 17.4. The number of nitrogens with one attached hydrogen (secondary N) is 3. The van der Waals surface area contributed by atoms with Gasteiger partial charge in [-0.2, -0.15) is 0 Å². The molecule has 6 amide bonds. The van der Waals surface area contributed by atoms with Crippen molar-refractivity contribution in [2.45, 2.75) is 102 Å². The van der Waals surface area contributed by atoms with Crippen molar-refractivity contribution in [2.24, 2.45) is 5.92 Å². The summed E-state index contributed by atoms with van der Waals surface area (Å²) in [7, 11) is 2.63. The van der Waals surface area contributed by atoms with E-state index < -0.39 is 89.8 Å². The highest BCUT2D eigenvalue weighted by atomic mass is 16.5. The predicted octanol–water partition coefficient (Wildman–Crippen LogP) is -1.62. The molecule has 282 valence electrons. The maximum atomic E-state index is 14.4. The second-order valence-corrected chi connectivity index (χ2v) is 14.3. The van der Waals surface area contributed by atoms with Gasteiger partial charge in [-0.1, -0.05) is 50.6 Å². The number of nitrogens with zero attached hydrogens (tertiary/aromatic N) is 5. The van der Waals surface area contributed by atoms with E-state index in [2.05, 4.69) is 16.2 Å². The second-order valence-electron chi connectivity index (χ2n) is 14.3. The van der Waals surface area contributed by atoms with E-state index in [0.717, 1.165) is 19.8 Å². The van der Waals surface area contributed by atoms with E-state index in [0.29, 0.717) is 30.0 Å². The van der Waals surface area contributed by atoms with Gasteiger partial charge in [-0.25, -0.2) is 15.9 Å². The Labute approximate surface area is 297 Å². The average molecular weight is 717 g/mol. The molecule has 3 heterocycles. The van der Waals surface area contributed by atoms with E-state index in [9.17, 15) is 44.2 Å². The summed E-state index contributed by atoms with van der Waals surface area (Å²) < 4.78 is 0. The first-order valence-electron chi connectivity index (χ1n) is 17.4. The molecule has 1 aromatic rings. The van der Waals surface area contributed by atoms with Crippen LogP contribution in [0.2, 0.25) is 0 Å². The molecule has 0 bridgehead atoms.